The van der Waals surface area contributed by atoms with Crippen LogP contribution in [0.2, 0.25) is 0 Å². The van der Waals surface area contributed by atoms with E-state index in [1.807, 2.05) is 38.1 Å². The fraction of sp³-hybridized carbons (Fsp3) is 0.231. The van der Waals surface area contributed by atoms with Gasteiger partial charge in [0.05, 0.1) is 17.4 Å². The van der Waals surface area contributed by atoms with E-state index in [1.165, 1.54) is 0 Å². The van der Waals surface area contributed by atoms with E-state index in [4.69, 9.17) is 15.9 Å². The van der Waals surface area contributed by atoms with Gasteiger partial charge in [0.2, 0.25) is 0 Å². The van der Waals surface area contributed by atoms with Crippen LogP contribution < -0.4 is 16.8 Å². The number of nitrogen functional groups attached to an aromatic ring is 2. The molecule has 2 aromatic rings. The zero-order valence-electron chi connectivity index (χ0n) is 10.0. The van der Waals surface area contributed by atoms with Crippen LogP contribution >= 0.6 is 0 Å². The smallest absolute Gasteiger partial charge is 0.126 e. The van der Waals surface area contributed by atoms with Crippen molar-refractivity contribution >= 4 is 17.1 Å². The predicted octanol–water partition coefficient (Wildman–Crippen LogP) is 2.93. The highest BCUT2D eigenvalue weighted by Gasteiger charge is 2.09. The zero-order valence-corrected chi connectivity index (χ0v) is 10.0. The normalized spacial score (nSPS) is 12.4. The zero-order chi connectivity index (χ0) is 12.4. The Balaban J connectivity index is 2.12. The minimum atomic E-state index is 0.0896. The molecule has 0 saturated heterocycles. The third kappa shape index (κ3) is 2.53. The van der Waals surface area contributed by atoms with E-state index in [0.29, 0.717) is 11.4 Å². The summed E-state index contributed by atoms with van der Waals surface area (Å²) in [7, 11) is 0. The molecule has 0 spiro atoms. The Morgan fingerprint density at radius 3 is 2.47 bits per heavy atom. The van der Waals surface area contributed by atoms with Crippen molar-refractivity contribution in [2.45, 2.75) is 19.9 Å². The van der Waals surface area contributed by atoms with Crippen molar-refractivity contribution in [1.29, 1.82) is 0 Å². The Hall–Kier alpha value is -2.10. The van der Waals surface area contributed by atoms with E-state index >= 15 is 0 Å². The van der Waals surface area contributed by atoms with E-state index in [1.54, 1.807) is 6.07 Å². The first-order valence-electron chi connectivity index (χ1n) is 5.54. The molecule has 90 valence electrons. The summed E-state index contributed by atoms with van der Waals surface area (Å²) in [6.07, 6.45) is 0. The highest BCUT2D eigenvalue weighted by atomic mass is 16.3. The maximum atomic E-state index is 5.75. The van der Waals surface area contributed by atoms with Crippen molar-refractivity contribution in [3.63, 3.8) is 0 Å². The molecule has 1 aromatic carbocycles. The number of benzene rings is 1. The summed E-state index contributed by atoms with van der Waals surface area (Å²) in [6.45, 7) is 3.96. The topological polar surface area (TPSA) is 77.2 Å². The summed E-state index contributed by atoms with van der Waals surface area (Å²) < 4.78 is 5.55. The fourth-order valence-corrected chi connectivity index (χ4v) is 1.67. The second kappa shape index (κ2) is 4.41. The van der Waals surface area contributed by atoms with E-state index in [-0.39, 0.29) is 6.04 Å². The van der Waals surface area contributed by atoms with Gasteiger partial charge in [-0.1, -0.05) is 0 Å². The van der Waals surface area contributed by atoms with Crippen LogP contribution in [-0.4, -0.2) is 0 Å². The van der Waals surface area contributed by atoms with Crippen molar-refractivity contribution in [1.82, 2.24) is 0 Å². The van der Waals surface area contributed by atoms with Crippen LogP contribution in [0.25, 0.3) is 0 Å². The fourth-order valence-electron chi connectivity index (χ4n) is 1.67. The Kier molecular flexibility index (Phi) is 2.95. The molecule has 1 heterocycles. The molecule has 0 aliphatic heterocycles. The second-order valence-corrected chi connectivity index (χ2v) is 4.16. The lowest BCUT2D eigenvalue weighted by Gasteiger charge is -2.14. The third-order valence-electron chi connectivity index (χ3n) is 2.66. The van der Waals surface area contributed by atoms with E-state index < -0.39 is 0 Å². The van der Waals surface area contributed by atoms with E-state index in [9.17, 15) is 0 Å². The van der Waals surface area contributed by atoms with Crippen molar-refractivity contribution in [3.8, 4) is 0 Å². The molecule has 1 unspecified atom stereocenters. The molecular formula is C13H17N3O. The Morgan fingerprint density at radius 1 is 1.12 bits per heavy atom. The minimum absolute atomic E-state index is 0.0896. The summed E-state index contributed by atoms with van der Waals surface area (Å²) in [5.41, 5.74) is 13.5. The van der Waals surface area contributed by atoms with Gasteiger partial charge in [-0.05, 0) is 44.2 Å². The first-order chi connectivity index (χ1) is 8.06. The molecule has 2 rings (SSSR count). The van der Waals surface area contributed by atoms with Crippen molar-refractivity contribution in [2.24, 2.45) is 0 Å². The quantitative estimate of drug-likeness (QED) is 0.710. The lowest BCUT2D eigenvalue weighted by molar-refractivity contribution is 0.467. The molecule has 0 radical (unpaired) electrons. The van der Waals surface area contributed by atoms with Crippen LogP contribution in [0, 0.1) is 6.92 Å². The Labute approximate surface area is 101 Å². The van der Waals surface area contributed by atoms with Crippen molar-refractivity contribution < 1.29 is 4.42 Å². The van der Waals surface area contributed by atoms with Gasteiger partial charge in [0.15, 0.2) is 0 Å². The van der Waals surface area contributed by atoms with Gasteiger partial charge in [0, 0.05) is 5.69 Å². The SMILES string of the molecule is Cc1ccc(C(C)Nc2ccc(N)c(N)c2)o1. The van der Waals surface area contributed by atoms with Gasteiger partial charge in [-0.2, -0.15) is 0 Å². The number of nitrogens with two attached hydrogens (primary N) is 2. The molecule has 1 aromatic heterocycles. The second-order valence-electron chi connectivity index (χ2n) is 4.16. The summed E-state index contributed by atoms with van der Waals surface area (Å²) >= 11 is 0. The molecule has 0 bridgehead atoms. The maximum Gasteiger partial charge on any atom is 0.126 e. The van der Waals surface area contributed by atoms with Gasteiger partial charge in [0.1, 0.15) is 11.5 Å². The van der Waals surface area contributed by atoms with E-state index in [2.05, 4.69) is 5.32 Å². The van der Waals surface area contributed by atoms with Crippen LogP contribution in [-0.2, 0) is 0 Å². The van der Waals surface area contributed by atoms with Gasteiger partial charge in [-0.25, -0.2) is 0 Å². The van der Waals surface area contributed by atoms with Gasteiger partial charge in [-0.3, -0.25) is 0 Å². The highest BCUT2D eigenvalue weighted by Crippen LogP contribution is 2.24. The first kappa shape index (κ1) is 11.4. The summed E-state index contributed by atoms with van der Waals surface area (Å²) in [5.74, 6) is 1.81. The van der Waals surface area contributed by atoms with Crippen LogP contribution in [0.4, 0.5) is 17.1 Å². The number of aryl methyl sites for hydroxylation is 1. The molecule has 4 heteroatoms. The van der Waals surface area contributed by atoms with Crippen LogP contribution in [0.15, 0.2) is 34.7 Å². The monoisotopic (exact) mass is 231 g/mol. The molecular weight excluding hydrogens is 214 g/mol. The Bertz CT molecular complexity index is 519. The van der Waals surface area contributed by atoms with Gasteiger partial charge >= 0.3 is 0 Å². The maximum absolute atomic E-state index is 5.75. The minimum Gasteiger partial charge on any atom is -0.464 e. The molecule has 0 aliphatic carbocycles. The molecule has 5 N–H and O–H groups in total. The van der Waals surface area contributed by atoms with Gasteiger partial charge in [0.25, 0.3) is 0 Å². The number of hydrogen-bond acceptors (Lipinski definition) is 4. The summed E-state index contributed by atoms with van der Waals surface area (Å²) in [5, 5.41) is 3.31. The molecule has 1 atom stereocenters. The molecule has 0 amide bonds. The van der Waals surface area contributed by atoms with E-state index in [0.717, 1.165) is 17.2 Å². The number of hydrogen-bond donors (Lipinski definition) is 3. The molecule has 0 fully saturated rings. The molecule has 0 aliphatic rings. The standard InChI is InChI=1S/C13H17N3O/c1-8-3-6-13(17-8)9(2)16-10-4-5-11(14)12(15)7-10/h3-7,9,16H,14-15H2,1-2H3. The van der Waals surface area contributed by atoms with Gasteiger partial charge in [-0.15, -0.1) is 0 Å². The molecule has 0 saturated carbocycles. The van der Waals surface area contributed by atoms with Gasteiger partial charge < -0.3 is 21.2 Å². The Morgan fingerprint density at radius 2 is 1.88 bits per heavy atom. The number of furan rings is 1. The first-order valence-corrected chi connectivity index (χ1v) is 5.54. The lowest BCUT2D eigenvalue weighted by atomic mass is 10.2. The van der Waals surface area contributed by atoms with Crippen LogP contribution in [0.3, 0.4) is 0 Å². The number of anilines is 3. The molecule has 17 heavy (non-hydrogen) atoms. The molecule has 4 nitrogen and oxygen atoms in total. The highest BCUT2D eigenvalue weighted by molar-refractivity contribution is 5.69. The number of rotatable bonds is 3. The van der Waals surface area contributed by atoms with Crippen LogP contribution in [0.5, 0.6) is 0 Å². The average molecular weight is 231 g/mol. The number of nitrogens with one attached hydrogen (secondary N) is 1. The lowest BCUT2D eigenvalue weighted by Crippen LogP contribution is -2.06. The van der Waals surface area contributed by atoms with Crippen LogP contribution in [0.1, 0.15) is 24.5 Å². The van der Waals surface area contributed by atoms with Crippen molar-refractivity contribution in [2.75, 3.05) is 16.8 Å². The third-order valence-corrected chi connectivity index (χ3v) is 2.66. The summed E-state index contributed by atoms with van der Waals surface area (Å²) in [4.78, 5) is 0. The summed E-state index contributed by atoms with van der Waals surface area (Å²) in [6, 6.07) is 9.52. The van der Waals surface area contributed by atoms with Crippen molar-refractivity contribution in [3.05, 3.63) is 41.9 Å². The predicted molar refractivity (Wildman–Crippen MR) is 70.7 cm³/mol. The largest absolute Gasteiger partial charge is 0.464 e. The average Bonchev–Trinajstić information content (AvgIpc) is 2.70.